The van der Waals surface area contributed by atoms with Gasteiger partial charge in [-0.05, 0) is 25.0 Å². The number of para-hydroxylation sites is 1. The summed E-state index contributed by atoms with van der Waals surface area (Å²) >= 11 is 0. The van der Waals surface area contributed by atoms with Gasteiger partial charge in [-0.2, -0.15) is 5.26 Å². The third-order valence-corrected chi connectivity index (χ3v) is 4.02. The van der Waals surface area contributed by atoms with E-state index in [9.17, 15) is 10.1 Å². The SMILES string of the molecule is COc1cccc(C#N)c1NC(=O)C1CCCCCC1N. The zero-order chi connectivity index (χ0) is 15.2. The second-order valence-electron chi connectivity index (χ2n) is 5.39. The number of nitrogens with one attached hydrogen (secondary N) is 1. The molecule has 21 heavy (non-hydrogen) atoms. The summed E-state index contributed by atoms with van der Waals surface area (Å²) in [5, 5.41) is 12.0. The summed E-state index contributed by atoms with van der Waals surface area (Å²) in [6.45, 7) is 0. The van der Waals surface area contributed by atoms with E-state index in [0.29, 0.717) is 17.0 Å². The molecule has 1 aromatic carbocycles. The number of nitrogens with two attached hydrogens (primary N) is 1. The molecule has 0 saturated heterocycles. The first-order valence-corrected chi connectivity index (χ1v) is 7.31. The highest BCUT2D eigenvalue weighted by atomic mass is 16.5. The van der Waals surface area contributed by atoms with Crippen molar-refractivity contribution in [2.75, 3.05) is 12.4 Å². The Labute approximate surface area is 125 Å². The molecular weight excluding hydrogens is 266 g/mol. The van der Waals surface area contributed by atoms with Crippen LogP contribution in [0.4, 0.5) is 5.69 Å². The zero-order valence-electron chi connectivity index (χ0n) is 12.3. The quantitative estimate of drug-likeness (QED) is 0.836. The molecule has 1 saturated carbocycles. The molecule has 1 amide bonds. The highest BCUT2D eigenvalue weighted by molar-refractivity contribution is 5.95. The first-order valence-electron chi connectivity index (χ1n) is 7.31. The summed E-state index contributed by atoms with van der Waals surface area (Å²) in [6, 6.07) is 7.07. The number of nitriles is 1. The van der Waals surface area contributed by atoms with Gasteiger partial charge in [0.2, 0.25) is 5.91 Å². The number of hydrogen-bond donors (Lipinski definition) is 2. The van der Waals surface area contributed by atoms with Crippen molar-refractivity contribution < 1.29 is 9.53 Å². The van der Waals surface area contributed by atoms with Crippen LogP contribution in [-0.2, 0) is 4.79 Å². The molecule has 112 valence electrons. The molecule has 0 heterocycles. The lowest BCUT2D eigenvalue weighted by Crippen LogP contribution is -2.38. The number of anilines is 1. The fourth-order valence-corrected chi connectivity index (χ4v) is 2.80. The fraction of sp³-hybridized carbons (Fsp3) is 0.500. The number of hydrogen-bond acceptors (Lipinski definition) is 4. The molecule has 1 aromatic rings. The maximum atomic E-state index is 12.5. The lowest BCUT2D eigenvalue weighted by Gasteiger charge is -2.21. The van der Waals surface area contributed by atoms with Gasteiger partial charge >= 0.3 is 0 Å². The summed E-state index contributed by atoms with van der Waals surface area (Å²) in [7, 11) is 1.52. The minimum atomic E-state index is -0.205. The van der Waals surface area contributed by atoms with Gasteiger partial charge in [-0.15, -0.1) is 0 Å². The maximum absolute atomic E-state index is 12.5. The highest BCUT2D eigenvalue weighted by Crippen LogP contribution is 2.30. The molecule has 0 aromatic heterocycles. The summed E-state index contributed by atoms with van der Waals surface area (Å²) in [4.78, 5) is 12.5. The molecule has 5 nitrogen and oxygen atoms in total. The predicted molar refractivity (Wildman–Crippen MR) is 80.9 cm³/mol. The van der Waals surface area contributed by atoms with Crippen LogP contribution in [0.15, 0.2) is 18.2 Å². The van der Waals surface area contributed by atoms with E-state index in [0.717, 1.165) is 32.1 Å². The largest absolute Gasteiger partial charge is 0.495 e. The standard InChI is InChI=1S/C16H21N3O2/c1-21-14-9-5-6-11(10-17)15(14)19-16(20)12-7-3-2-4-8-13(12)18/h5-6,9,12-13H,2-4,7-8,18H2,1H3,(H,19,20). The van der Waals surface area contributed by atoms with Crippen LogP contribution in [0.1, 0.15) is 37.7 Å². The number of benzene rings is 1. The average Bonchev–Trinajstić information content (AvgIpc) is 2.72. The van der Waals surface area contributed by atoms with Crippen molar-refractivity contribution in [1.29, 1.82) is 5.26 Å². The molecule has 5 heteroatoms. The first-order chi connectivity index (χ1) is 10.2. The van der Waals surface area contributed by atoms with E-state index in [4.69, 9.17) is 10.5 Å². The van der Waals surface area contributed by atoms with E-state index in [1.54, 1.807) is 18.2 Å². The predicted octanol–water partition coefficient (Wildman–Crippen LogP) is 2.41. The van der Waals surface area contributed by atoms with Crippen LogP contribution in [0.5, 0.6) is 5.75 Å². The van der Waals surface area contributed by atoms with Crippen LogP contribution in [0.25, 0.3) is 0 Å². The lowest BCUT2D eigenvalue weighted by molar-refractivity contribution is -0.120. The second-order valence-corrected chi connectivity index (χ2v) is 5.39. The smallest absolute Gasteiger partial charge is 0.229 e. The molecule has 0 aliphatic heterocycles. The number of ether oxygens (including phenoxy) is 1. The second kappa shape index (κ2) is 7.09. The fourth-order valence-electron chi connectivity index (χ4n) is 2.80. The topological polar surface area (TPSA) is 88.1 Å². The van der Waals surface area contributed by atoms with Crippen molar-refractivity contribution in [3.63, 3.8) is 0 Å². The normalized spacial score (nSPS) is 22.0. The van der Waals surface area contributed by atoms with Crippen LogP contribution in [0, 0.1) is 17.2 Å². The van der Waals surface area contributed by atoms with Crippen molar-refractivity contribution in [2.45, 2.75) is 38.1 Å². The van der Waals surface area contributed by atoms with Gasteiger partial charge in [0.15, 0.2) is 0 Å². The summed E-state index contributed by atoms with van der Waals surface area (Å²) in [6.07, 6.45) is 4.88. The van der Waals surface area contributed by atoms with Crippen molar-refractivity contribution in [3.05, 3.63) is 23.8 Å². The van der Waals surface area contributed by atoms with Crippen LogP contribution >= 0.6 is 0 Å². The van der Waals surface area contributed by atoms with Crippen LogP contribution in [0.3, 0.4) is 0 Å². The van der Waals surface area contributed by atoms with Gasteiger partial charge in [0.25, 0.3) is 0 Å². The highest BCUT2D eigenvalue weighted by Gasteiger charge is 2.28. The maximum Gasteiger partial charge on any atom is 0.229 e. The van der Waals surface area contributed by atoms with Gasteiger partial charge in [-0.1, -0.05) is 25.3 Å². The monoisotopic (exact) mass is 287 g/mol. The lowest BCUT2D eigenvalue weighted by atomic mass is 9.94. The van der Waals surface area contributed by atoms with Crippen LogP contribution in [-0.4, -0.2) is 19.1 Å². The van der Waals surface area contributed by atoms with E-state index in [1.807, 2.05) is 0 Å². The van der Waals surface area contributed by atoms with E-state index >= 15 is 0 Å². The van der Waals surface area contributed by atoms with Gasteiger partial charge in [0, 0.05) is 6.04 Å². The van der Waals surface area contributed by atoms with Gasteiger partial charge in [-0.25, -0.2) is 0 Å². The number of nitrogens with zero attached hydrogens (tertiary/aromatic N) is 1. The number of methoxy groups -OCH3 is 1. The van der Waals surface area contributed by atoms with Crippen molar-refractivity contribution >= 4 is 11.6 Å². The van der Waals surface area contributed by atoms with E-state index < -0.39 is 0 Å². The zero-order valence-corrected chi connectivity index (χ0v) is 12.3. The third kappa shape index (κ3) is 3.53. The number of amides is 1. The van der Waals surface area contributed by atoms with Crippen molar-refractivity contribution in [1.82, 2.24) is 0 Å². The van der Waals surface area contributed by atoms with Gasteiger partial charge in [0.05, 0.1) is 18.6 Å². The Balaban J connectivity index is 2.21. The summed E-state index contributed by atoms with van der Waals surface area (Å²) in [5.41, 5.74) is 6.95. The van der Waals surface area contributed by atoms with Gasteiger partial charge in [0.1, 0.15) is 17.5 Å². The van der Waals surface area contributed by atoms with E-state index in [-0.39, 0.29) is 17.9 Å². The van der Waals surface area contributed by atoms with E-state index in [2.05, 4.69) is 11.4 Å². The summed E-state index contributed by atoms with van der Waals surface area (Å²) < 4.78 is 5.23. The van der Waals surface area contributed by atoms with Crippen LogP contribution in [0.2, 0.25) is 0 Å². The van der Waals surface area contributed by atoms with E-state index in [1.165, 1.54) is 7.11 Å². The van der Waals surface area contributed by atoms with Crippen molar-refractivity contribution in [3.8, 4) is 11.8 Å². The molecule has 1 aliphatic carbocycles. The Bertz CT molecular complexity index is 551. The minimum Gasteiger partial charge on any atom is -0.495 e. The average molecular weight is 287 g/mol. The van der Waals surface area contributed by atoms with Gasteiger partial charge < -0.3 is 15.8 Å². The molecule has 0 bridgehead atoms. The van der Waals surface area contributed by atoms with Gasteiger partial charge in [-0.3, -0.25) is 4.79 Å². The number of carbonyl (C=O) groups excluding carboxylic acids is 1. The number of rotatable bonds is 3. The first kappa shape index (κ1) is 15.3. The molecule has 2 rings (SSSR count). The molecule has 1 aliphatic rings. The molecule has 2 atom stereocenters. The minimum absolute atomic E-state index is 0.118. The molecule has 1 fully saturated rings. The molecule has 0 radical (unpaired) electrons. The third-order valence-electron chi connectivity index (χ3n) is 4.02. The Hall–Kier alpha value is -2.06. The van der Waals surface area contributed by atoms with Crippen LogP contribution < -0.4 is 15.8 Å². The molecule has 3 N–H and O–H groups in total. The van der Waals surface area contributed by atoms with Crippen molar-refractivity contribution in [2.24, 2.45) is 11.7 Å². The molecule has 2 unspecified atom stereocenters. The Morgan fingerprint density at radius 1 is 1.38 bits per heavy atom. The summed E-state index contributed by atoms with van der Waals surface area (Å²) in [5.74, 6) is 0.166. The Morgan fingerprint density at radius 2 is 2.14 bits per heavy atom. The molecule has 0 spiro atoms. The Morgan fingerprint density at radius 3 is 2.86 bits per heavy atom. The Kier molecular flexibility index (Phi) is 5.18. The molecular formula is C16H21N3O2. The number of carbonyl (C=O) groups is 1.